The van der Waals surface area contributed by atoms with Crippen molar-refractivity contribution in [3.8, 4) is 0 Å². The van der Waals surface area contributed by atoms with E-state index in [0.29, 0.717) is 5.95 Å². The smallest absolute Gasteiger partial charge is 0.201 e. The van der Waals surface area contributed by atoms with E-state index in [-0.39, 0.29) is 0 Å². The van der Waals surface area contributed by atoms with Crippen molar-refractivity contribution < 1.29 is 0 Å². The molecule has 1 heterocycles. The van der Waals surface area contributed by atoms with Crippen molar-refractivity contribution >= 4 is 32.9 Å². The summed E-state index contributed by atoms with van der Waals surface area (Å²) in [5.41, 5.74) is 8.06. The molecular formula is C12H14BrN3. The fraction of sp³-hybridized carbons (Fsp3) is 0.417. The normalized spacial score (nSPS) is 15.8. The van der Waals surface area contributed by atoms with Crippen LogP contribution in [0.25, 0.3) is 11.0 Å². The van der Waals surface area contributed by atoms with Crippen molar-refractivity contribution in [3.63, 3.8) is 0 Å². The highest BCUT2D eigenvalue weighted by molar-refractivity contribution is 9.10. The predicted molar refractivity (Wildman–Crippen MR) is 69.2 cm³/mol. The topological polar surface area (TPSA) is 43.8 Å². The van der Waals surface area contributed by atoms with Gasteiger partial charge in [0, 0.05) is 11.0 Å². The van der Waals surface area contributed by atoms with Crippen molar-refractivity contribution in [1.82, 2.24) is 9.55 Å². The number of aromatic nitrogens is 2. The van der Waals surface area contributed by atoms with Crippen LogP contribution in [0.1, 0.15) is 19.3 Å². The summed E-state index contributed by atoms with van der Waals surface area (Å²) in [6.45, 7) is 0.990. The van der Waals surface area contributed by atoms with E-state index < -0.39 is 0 Å². The lowest BCUT2D eigenvalue weighted by Gasteiger charge is -2.05. The van der Waals surface area contributed by atoms with Crippen molar-refractivity contribution in [2.45, 2.75) is 25.8 Å². The molecule has 16 heavy (non-hydrogen) atoms. The first-order chi connectivity index (χ1) is 7.74. The maximum Gasteiger partial charge on any atom is 0.201 e. The molecule has 0 aliphatic heterocycles. The quantitative estimate of drug-likeness (QED) is 0.938. The van der Waals surface area contributed by atoms with Crippen molar-refractivity contribution in [3.05, 3.63) is 22.7 Å². The number of hydrogen-bond donors (Lipinski definition) is 1. The molecule has 1 saturated carbocycles. The van der Waals surface area contributed by atoms with Gasteiger partial charge in [-0.1, -0.05) is 28.8 Å². The van der Waals surface area contributed by atoms with Crippen LogP contribution in [-0.2, 0) is 6.54 Å². The number of halogens is 1. The second-order valence-corrected chi connectivity index (χ2v) is 5.40. The van der Waals surface area contributed by atoms with E-state index in [4.69, 9.17) is 5.73 Å². The minimum atomic E-state index is 0.633. The molecule has 1 fully saturated rings. The third-order valence-electron chi connectivity index (χ3n) is 3.20. The van der Waals surface area contributed by atoms with Crippen molar-refractivity contribution in [2.75, 3.05) is 5.73 Å². The maximum atomic E-state index is 5.95. The number of anilines is 1. The van der Waals surface area contributed by atoms with E-state index in [1.807, 2.05) is 12.1 Å². The second-order valence-electron chi connectivity index (χ2n) is 4.49. The van der Waals surface area contributed by atoms with Crippen LogP contribution in [-0.4, -0.2) is 9.55 Å². The van der Waals surface area contributed by atoms with Gasteiger partial charge in [0.05, 0.1) is 11.0 Å². The molecule has 3 rings (SSSR count). The lowest BCUT2D eigenvalue weighted by atomic mass is 10.3. The number of rotatable bonds is 3. The molecule has 1 aromatic heterocycles. The minimum absolute atomic E-state index is 0.633. The van der Waals surface area contributed by atoms with Gasteiger partial charge in [-0.05, 0) is 30.5 Å². The highest BCUT2D eigenvalue weighted by Crippen LogP contribution is 2.33. The molecule has 0 radical (unpaired) electrons. The number of nitrogen functional groups attached to an aromatic ring is 1. The lowest BCUT2D eigenvalue weighted by Crippen LogP contribution is -2.03. The zero-order valence-corrected chi connectivity index (χ0v) is 10.6. The Labute approximate surface area is 103 Å². The van der Waals surface area contributed by atoms with E-state index >= 15 is 0 Å². The van der Waals surface area contributed by atoms with Gasteiger partial charge >= 0.3 is 0 Å². The van der Waals surface area contributed by atoms with E-state index in [2.05, 4.69) is 31.5 Å². The fourth-order valence-electron chi connectivity index (χ4n) is 2.07. The van der Waals surface area contributed by atoms with Crippen LogP contribution >= 0.6 is 15.9 Å². The number of benzene rings is 1. The molecule has 1 aliphatic carbocycles. The van der Waals surface area contributed by atoms with E-state index in [0.717, 1.165) is 28.0 Å². The largest absolute Gasteiger partial charge is 0.369 e. The molecule has 2 N–H and O–H groups in total. The summed E-state index contributed by atoms with van der Waals surface area (Å²) in [4.78, 5) is 4.37. The molecule has 1 aromatic carbocycles. The van der Waals surface area contributed by atoms with Gasteiger partial charge in [0.2, 0.25) is 5.95 Å². The van der Waals surface area contributed by atoms with E-state index in [1.54, 1.807) is 0 Å². The van der Waals surface area contributed by atoms with Gasteiger partial charge in [-0.2, -0.15) is 0 Å². The Morgan fingerprint density at radius 3 is 3.00 bits per heavy atom. The van der Waals surface area contributed by atoms with E-state index in [1.165, 1.54) is 19.3 Å². The maximum absolute atomic E-state index is 5.95. The second kappa shape index (κ2) is 3.77. The summed E-state index contributed by atoms with van der Waals surface area (Å²) in [7, 11) is 0. The Kier molecular flexibility index (Phi) is 2.39. The summed E-state index contributed by atoms with van der Waals surface area (Å²) >= 11 is 3.49. The number of hydrogen-bond acceptors (Lipinski definition) is 2. The summed E-state index contributed by atoms with van der Waals surface area (Å²) in [5.74, 6) is 1.55. The SMILES string of the molecule is Nc1nc2ccc(Br)cc2n1CCC1CC1. The van der Waals surface area contributed by atoms with Gasteiger partial charge in [-0.3, -0.25) is 0 Å². The molecule has 1 aliphatic rings. The molecule has 0 atom stereocenters. The van der Waals surface area contributed by atoms with Crippen LogP contribution in [0.2, 0.25) is 0 Å². The number of nitrogens with two attached hydrogens (primary N) is 1. The number of imidazole rings is 1. The molecular weight excluding hydrogens is 266 g/mol. The number of fused-ring (bicyclic) bond motifs is 1. The molecule has 0 spiro atoms. The molecule has 0 unspecified atom stereocenters. The highest BCUT2D eigenvalue weighted by atomic mass is 79.9. The standard InChI is InChI=1S/C12H14BrN3/c13-9-3-4-10-11(7-9)16(12(14)15-10)6-5-8-1-2-8/h3-4,7-8H,1-2,5-6H2,(H2,14,15). The third kappa shape index (κ3) is 1.82. The predicted octanol–water partition coefficient (Wildman–Crippen LogP) is 3.18. The summed E-state index contributed by atoms with van der Waals surface area (Å²) < 4.78 is 3.20. The molecule has 3 nitrogen and oxygen atoms in total. The number of nitrogens with zero attached hydrogens (tertiary/aromatic N) is 2. The molecule has 4 heteroatoms. The van der Waals surface area contributed by atoms with Crippen molar-refractivity contribution in [2.24, 2.45) is 5.92 Å². The molecule has 0 amide bonds. The highest BCUT2D eigenvalue weighted by Gasteiger charge is 2.21. The van der Waals surface area contributed by atoms with Crippen molar-refractivity contribution in [1.29, 1.82) is 0 Å². The third-order valence-corrected chi connectivity index (χ3v) is 3.69. The monoisotopic (exact) mass is 279 g/mol. The van der Waals surface area contributed by atoms with Crippen LogP contribution in [0.4, 0.5) is 5.95 Å². The van der Waals surface area contributed by atoms with Crippen LogP contribution in [0.5, 0.6) is 0 Å². The summed E-state index contributed by atoms with van der Waals surface area (Å²) in [6, 6.07) is 6.09. The Morgan fingerprint density at radius 2 is 2.25 bits per heavy atom. The van der Waals surface area contributed by atoms with Crippen LogP contribution < -0.4 is 5.73 Å². The van der Waals surface area contributed by atoms with Crippen LogP contribution in [0, 0.1) is 5.92 Å². The molecule has 0 saturated heterocycles. The lowest BCUT2D eigenvalue weighted by molar-refractivity contribution is 0.614. The first-order valence-corrected chi connectivity index (χ1v) is 6.44. The minimum Gasteiger partial charge on any atom is -0.369 e. The zero-order valence-electron chi connectivity index (χ0n) is 8.99. The Balaban J connectivity index is 1.99. The summed E-state index contributed by atoms with van der Waals surface area (Å²) in [5, 5.41) is 0. The van der Waals surface area contributed by atoms with Crippen LogP contribution in [0.3, 0.4) is 0 Å². The average molecular weight is 280 g/mol. The zero-order chi connectivity index (χ0) is 11.1. The van der Waals surface area contributed by atoms with Gasteiger partial charge < -0.3 is 10.3 Å². The first kappa shape index (κ1) is 10.1. The Hall–Kier alpha value is -1.03. The first-order valence-electron chi connectivity index (χ1n) is 5.65. The average Bonchev–Trinajstić information content (AvgIpc) is 3.01. The molecule has 84 valence electrons. The van der Waals surface area contributed by atoms with E-state index in [9.17, 15) is 0 Å². The van der Waals surface area contributed by atoms with Gasteiger partial charge in [-0.25, -0.2) is 4.98 Å². The number of aryl methyl sites for hydroxylation is 1. The fourth-order valence-corrected chi connectivity index (χ4v) is 2.42. The van der Waals surface area contributed by atoms with Gasteiger partial charge in [0.25, 0.3) is 0 Å². The molecule has 0 bridgehead atoms. The van der Waals surface area contributed by atoms with Crippen LogP contribution in [0.15, 0.2) is 22.7 Å². The van der Waals surface area contributed by atoms with Gasteiger partial charge in [0.15, 0.2) is 0 Å². The van der Waals surface area contributed by atoms with Gasteiger partial charge in [0.1, 0.15) is 0 Å². The Bertz CT molecular complexity index is 528. The molecule has 2 aromatic rings. The van der Waals surface area contributed by atoms with Gasteiger partial charge in [-0.15, -0.1) is 0 Å². The Morgan fingerprint density at radius 1 is 1.44 bits per heavy atom. The summed E-state index contributed by atoms with van der Waals surface area (Å²) in [6.07, 6.45) is 3.99.